The summed E-state index contributed by atoms with van der Waals surface area (Å²) in [6.07, 6.45) is 10.6. The Morgan fingerprint density at radius 2 is 1.75 bits per heavy atom. The van der Waals surface area contributed by atoms with E-state index >= 15 is 0 Å². The first kappa shape index (κ1) is 27.9. The molecular formula is C30H39N5O5. The molecule has 10 nitrogen and oxygen atoms in total. The molecule has 1 aromatic heterocycles. The number of carbonyl (C=O) groups is 4. The molecule has 5 rings (SSSR count). The van der Waals surface area contributed by atoms with Crippen molar-refractivity contribution in [3.05, 3.63) is 53.4 Å². The Bertz CT molecular complexity index is 1210. The molecule has 0 radical (unpaired) electrons. The van der Waals surface area contributed by atoms with Crippen LogP contribution in [0.5, 0.6) is 0 Å². The molecule has 1 aromatic carbocycles. The van der Waals surface area contributed by atoms with E-state index in [9.17, 15) is 19.2 Å². The number of nitrogens with two attached hydrogens (primary N) is 1. The largest absolute Gasteiger partial charge is 0.370 e. The SMILES string of the molecule is NC(=O)C[C@H](NC(=O)[C@H](CC1CCCCC1)NC(=O)c1ccno1)C(=O)N1CCC2(CCc3ccccc32)CC1. The van der Waals surface area contributed by atoms with Crippen molar-refractivity contribution in [2.45, 2.75) is 88.1 Å². The van der Waals surface area contributed by atoms with E-state index in [4.69, 9.17) is 10.3 Å². The standard InChI is InChI=1S/C30H39N5O5/c31-26(36)19-24(29(39)35-16-13-30(14-17-35)12-10-21-8-4-5-9-22(21)30)34-27(37)23(18-20-6-2-1-3-7-20)33-28(38)25-11-15-32-40-25/h4-5,8-9,11,15,20,23-24H,1-3,6-7,10,12-14,16-19H2,(H2,31,36)(H,33,38)(H,34,37)/t23-,24-/m0/s1. The van der Waals surface area contributed by atoms with Crippen LogP contribution in [0.3, 0.4) is 0 Å². The number of aromatic nitrogens is 1. The van der Waals surface area contributed by atoms with E-state index in [1.165, 1.54) is 23.4 Å². The maximum atomic E-state index is 13.6. The number of likely N-dealkylation sites (tertiary alicyclic amines) is 1. The fourth-order valence-electron chi connectivity index (χ4n) is 6.88. The molecule has 1 saturated carbocycles. The number of benzene rings is 1. The lowest BCUT2D eigenvalue weighted by atomic mass is 9.74. The molecule has 214 valence electrons. The molecule has 2 aromatic rings. The van der Waals surface area contributed by atoms with Gasteiger partial charge in [-0.25, -0.2) is 0 Å². The van der Waals surface area contributed by atoms with Crippen molar-refractivity contribution in [2.75, 3.05) is 13.1 Å². The van der Waals surface area contributed by atoms with Crippen LogP contribution >= 0.6 is 0 Å². The van der Waals surface area contributed by atoms with Gasteiger partial charge >= 0.3 is 0 Å². The molecule has 40 heavy (non-hydrogen) atoms. The molecule has 2 atom stereocenters. The number of primary amides is 1. The van der Waals surface area contributed by atoms with Crippen LogP contribution in [-0.2, 0) is 26.2 Å². The lowest BCUT2D eigenvalue weighted by Crippen LogP contribution is -2.57. The number of aryl methyl sites for hydroxylation is 1. The summed E-state index contributed by atoms with van der Waals surface area (Å²) >= 11 is 0. The Balaban J connectivity index is 1.26. The van der Waals surface area contributed by atoms with Gasteiger partial charge in [0.15, 0.2) is 0 Å². The van der Waals surface area contributed by atoms with Crippen molar-refractivity contribution in [3.63, 3.8) is 0 Å². The van der Waals surface area contributed by atoms with Gasteiger partial charge in [-0.2, -0.15) is 0 Å². The lowest BCUT2D eigenvalue weighted by molar-refractivity contribution is -0.140. The summed E-state index contributed by atoms with van der Waals surface area (Å²) in [5.74, 6) is -1.77. The monoisotopic (exact) mass is 549 g/mol. The van der Waals surface area contributed by atoms with Gasteiger partial charge in [0, 0.05) is 19.2 Å². The summed E-state index contributed by atoms with van der Waals surface area (Å²) in [6, 6.07) is 7.99. The summed E-state index contributed by atoms with van der Waals surface area (Å²) < 4.78 is 4.96. The fraction of sp³-hybridized carbons (Fsp3) is 0.567. The highest BCUT2D eigenvalue weighted by Gasteiger charge is 2.43. The minimum absolute atomic E-state index is 0.00180. The predicted molar refractivity (Wildman–Crippen MR) is 147 cm³/mol. The van der Waals surface area contributed by atoms with Crippen LogP contribution in [0.15, 0.2) is 41.1 Å². The molecular weight excluding hydrogens is 510 g/mol. The van der Waals surface area contributed by atoms with Gasteiger partial charge in [-0.1, -0.05) is 61.5 Å². The number of carbonyl (C=O) groups excluding carboxylic acids is 4. The van der Waals surface area contributed by atoms with Gasteiger partial charge in [0.1, 0.15) is 12.1 Å². The number of hydrogen-bond acceptors (Lipinski definition) is 6. The minimum atomic E-state index is -1.09. The maximum absolute atomic E-state index is 13.6. The molecule has 4 N–H and O–H groups in total. The van der Waals surface area contributed by atoms with E-state index < -0.39 is 29.8 Å². The maximum Gasteiger partial charge on any atom is 0.290 e. The first-order valence-corrected chi connectivity index (χ1v) is 14.5. The molecule has 3 aliphatic rings. The zero-order chi connectivity index (χ0) is 28.1. The second-order valence-electron chi connectivity index (χ2n) is 11.6. The first-order chi connectivity index (χ1) is 19.3. The molecule has 2 aliphatic carbocycles. The average Bonchev–Trinajstić information content (AvgIpc) is 3.62. The van der Waals surface area contributed by atoms with E-state index in [1.54, 1.807) is 4.90 Å². The van der Waals surface area contributed by atoms with Crippen molar-refractivity contribution in [1.82, 2.24) is 20.7 Å². The molecule has 2 fully saturated rings. The van der Waals surface area contributed by atoms with Crippen LogP contribution < -0.4 is 16.4 Å². The number of fused-ring (bicyclic) bond motifs is 2. The molecule has 1 aliphatic heterocycles. The summed E-state index contributed by atoms with van der Waals surface area (Å²) in [6.45, 7) is 1.10. The third-order valence-electron chi connectivity index (χ3n) is 9.09. The van der Waals surface area contributed by atoms with Crippen molar-refractivity contribution < 1.29 is 23.7 Å². The zero-order valence-electron chi connectivity index (χ0n) is 22.9. The predicted octanol–water partition coefficient (Wildman–Crippen LogP) is 2.61. The molecule has 4 amide bonds. The molecule has 1 spiro atoms. The fourth-order valence-corrected chi connectivity index (χ4v) is 6.88. The first-order valence-electron chi connectivity index (χ1n) is 14.5. The number of nitrogens with zero attached hydrogens (tertiary/aromatic N) is 2. The third-order valence-corrected chi connectivity index (χ3v) is 9.09. The molecule has 1 saturated heterocycles. The number of hydrogen-bond donors (Lipinski definition) is 3. The Morgan fingerprint density at radius 3 is 2.45 bits per heavy atom. The van der Waals surface area contributed by atoms with Crippen LogP contribution in [0.25, 0.3) is 0 Å². The van der Waals surface area contributed by atoms with E-state index in [0.29, 0.717) is 19.5 Å². The Kier molecular flexibility index (Phi) is 8.52. The highest BCUT2D eigenvalue weighted by atomic mass is 16.5. The van der Waals surface area contributed by atoms with Gasteiger partial charge in [-0.05, 0) is 54.6 Å². The van der Waals surface area contributed by atoms with Crippen molar-refractivity contribution in [3.8, 4) is 0 Å². The van der Waals surface area contributed by atoms with E-state index in [1.807, 2.05) is 0 Å². The zero-order valence-corrected chi connectivity index (χ0v) is 22.9. The molecule has 10 heteroatoms. The Labute approximate surface area is 234 Å². The molecule has 2 heterocycles. The van der Waals surface area contributed by atoms with Crippen LogP contribution in [0.4, 0.5) is 0 Å². The average molecular weight is 550 g/mol. The van der Waals surface area contributed by atoms with Gasteiger partial charge in [-0.15, -0.1) is 0 Å². The van der Waals surface area contributed by atoms with E-state index in [-0.39, 0.29) is 29.4 Å². The number of piperidine rings is 1. The van der Waals surface area contributed by atoms with E-state index in [2.05, 4.69) is 40.1 Å². The van der Waals surface area contributed by atoms with Gasteiger partial charge in [-0.3, -0.25) is 19.2 Å². The second-order valence-corrected chi connectivity index (χ2v) is 11.6. The molecule has 0 bridgehead atoms. The topological polar surface area (TPSA) is 148 Å². The summed E-state index contributed by atoms with van der Waals surface area (Å²) in [7, 11) is 0. The van der Waals surface area contributed by atoms with Gasteiger partial charge < -0.3 is 25.8 Å². The third kappa shape index (κ3) is 6.21. The second kappa shape index (κ2) is 12.2. The van der Waals surface area contributed by atoms with Crippen LogP contribution in [0.2, 0.25) is 0 Å². The summed E-state index contributed by atoms with van der Waals surface area (Å²) in [4.78, 5) is 53.6. The lowest BCUT2D eigenvalue weighted by Gasteiger charge is -2.41. The van der Waals surface area contributed by atoms with Crippen LogP contribution in [0, 0.1) is 5.92 Å². The molecule has 0 unspecified atom stereocenters. The number of nitrogens with one attached hydrogen (secondary N) is 2. The smallest absolute Gasteiger partial charge is 0.290 e. The normalized spacial score (nSPS) is 19.9. The van der Waals surface area contributed by atoms with Crippen LogP contribution in [0.1, 0.15) is 85.9 Å². The number of amides is 4. The minimum Gasteiger partial charge on any atom is -0.370 e. The van der Waals surface area contributed by atoms with Crippen molar-refractivity contribution >= 4 is 23.6 Å². The van der Waals surface area contributed by atoms with Gasteiger partial charge in [0.05, 0.1) is 12.6 Å². The number of rotatable bonds is 9. The highest BCUT2D eigenvalue weighted by molar-refractivity contribution is 5.97. The van der Waals surface area contributed by atoms with Crippen molar-refractivity contribution in [1.29, 1.82) is 0 Å². The summed E-state index contributed by atoms with van der Waals surface area (Å²) in [5.41, 5.74) is 8.35. The Morgan fingerprint density at radius 1 is 1.00 bits per heavy atom. The Hall–Kier alpha value is -3.69. The van der Waals surface area contributed by atoms with Gasteiger partial charge in [0.2, 0.25) is 23.5 Å². The quantitative estimate of drug-likeness (QED) is 0.438. The van der Waals surface area contributed by atoms with Crippen molar-refractivity contribution in [2.24, 2.45) is 11.7 Å². The van der Waals surface area contributed by atoms with Crippen LogP contribution in [-0.4, -0.2) is 58.9 Å². The highest BCUT2D eigenvalue weighted by Crippen LogP contribution is 2.46. The summed E-state index contributed by atoms with van der Waals surface area (Å²) in [5, 5.41) is 9.10. The van der Waals surface area contributed by atoms with E-state index in [0.717, 1.165) is 57.8 Å². The van der Waals surface area contributed by atoms with Gasteiger partial charge in [0.25, 0.3) is 5.91 Å².